The van der Waals surface area contributed by atoms with Gasteiger partial charge < -0.3 is 20.1 Å². The fourth-order valence-corrected chi connectivity index (χ4v) is 2.57. The molecule has 1 aliphatic rings. The number of benzene rings is 2. The third-order valence-electron chi connectivity index (χ3n) is 3.69. The Morgan fingerprint density at radius 2 is 2.00 bits per heavy atom. The summed E-state index contributed by atoms with van der Waals surface area (Å²) in [6.07, 6.45) is 0.617. The normalized spacial score (nSPS) is 16.9. The lowest BCUT2D eigenvalue weighted by atomic mass is 9.89. The van der Waals surface area contributed by atoms with Crippen molar-refractivity contribution in [2.45, 2.75) is 12.3 Å². The van der Waals surface area contributed by atoms with Crippen molar-refractivity contribution in [1.29, 1.82) is 0 Å². The molecule has 0 aliphatic carbocycles. The summed E-state index contributed by atoms with van der Waals surface area (Å²) in [5.74, 6) is -1.09. The van der Waals surface area contributed by atoms with Crippen LogP contribution < -0.4 is 4.74 Å². The molecule has 3 N–H and O–H groups in total. The summed E-state index contributed by atoms with van der Waals surface area (Å²) in [6.45, 7) is 0.326. The molecule has 1 atom stereocenters. The first-order chi connectivity index (χ1) is 10.1. The number of rotatable bonds is 2. The van der Waals surface area contributed by atoms with E-state index in [2.05, 4.69) is 0 Å². The van der Waals surface area contributed by atoms with Crippen LogP contribution in [0, 0.1) is 0 Å². The highest BCUT2D eigenvalue weighted by Gasteiger charge is 2.25. The zero-order valence-electron chi connectivity index (χ0n) is 11.1. The molecule has 0 bridgehead atoms. The summed E-state index contributed by atoms with van der Waals surface area (Å²) in [5.41, 5.74) is 1.92. The van der Waals surface area contributed by atoms with Crippen molar-refractivity contribution in [3.63, 3.8) is 0 Å². The van der Waals surface area contributed by atoms with E-state index in [0.717, 1.165) is 11.1 Å². The minimum absolute atomic E-state index is 0.0146. The van der Waals surface area contributed by atoms with Crippen LogP contribution in [0.5, 0.6) is 17.2 Å². The molecule has 1 unspecified atom stereocenters. The highest BCUT2D eigenvalue weighted by Crippen LogP contribution is 2.43. The summed E-state index contributed by atoms with van der Waals surface area (Å²) in [6, 6.07) is 9.90. The molecular weight excluding hydrogens is 272 g/mol. The van der Waals surface area contributed by atoms with Gasteiger partial charge >= 0.3 is 5.97 Å². The zero-order valence-corrected chi connectivity index (χ0v) is 11.1. The number of hydrogen-bond donors (Lipinski definition) is 3. The van der Waals surface area contributed by atoms with Crippen LogP contribution in [-0.4, -0.2) is 27.9 Å². The predicted octanol–water partition coefficient (Wildman–Crippen LogP) is 2.51. The van der Waals surface area contributed by atoms with Crippen LogP contribution in [0.2, 0.25) is 0 Å². The molecule has 0 saturated carbocycles. The molecular formula is C16H14O5. The van der Waals surface area contributed by atoms with E-state index in [9.17, 15) is 15.0 Å². The first-order valence-electron chi connectivity index (χ1n) is 6.56. The van der Waals surface area contributed by atoms with Gasteiger partial charge in [-0.25, -0.2) is 4.79 Å². The van der Waals surface area contributed by atoms with Gasteiger partial charge in [0, 0.05) is 5.92 Å². The monoisotopic (exact) mass is 286 g/mol. The Morgan fingerprint density at radius 1 is 1.19 bits per heavy atom. The Bertz CT molecular complexity index is 708. The lowest BCUT2D eigenvalue weighted by molar-refractivity contribution is 0.0696. The third kappa shape index (κ3) is 2.38. The molecule has 0 amide bonds. The van der Waals surface area contributed by atoms with Crippen molar-refractivity contribution in [3.05, 3.63) is 53.1 Å². The molecule has 1 aliphatic heterocycles. The van der Waals surface area contributed by atoms with E-state index in [-0.39, 0.29) is 23.0 Å². The fraction of sp³-hybridized carbons (Fsp3) is 0.188. The lowest BCUT2D eigenvalue weighted by Gasteiger charge is -2.26. The predicted molar refractivity (Wildman–Crippen MR) is 75.1 cm³/mol. The van der Waals surface area contributed by atoms with Crippen LogP contribution in [0.25, 0.3) is 0 Å². The van der Waals surface area contributed by atoms with Gasteiger partial charge in [-0.05, 0) is 35.7 Å². The minimum Gasteiger partial charge on any atom is -0.504 e. The van der Waals surface area contributed by atoms with Gasteiger partial charge in [-0.3, -0.25) is 0 Å². The van der Waals surface area contributed by atoms with Crippen LogP contribution in [0.1, 0.15) is 27.4 Å². The summed E-state index contributed by atoms with van der Waals surface area (Å²) in [5, 5.41) is 28.3. The van der Waals surface area contributed by atoms with Crippen molar-refractivity contribution < 1.29 is 24.9 Å². The molecule has 0 fully saturated rings. The number of carboxylic acid groups (broad SMARTS) is 1. The van der Waals surface area contributed by atoms with Gasteiger partial charge in [0.25, 0.3) is 0 Å². The molecule has 0 radical (unpaired) electrons. The molecule has 21 heavy (non-hydrogen) atoms. The maximum atomic E-state index is 11.0. The van der Waals surface area contributed by atoms with E-state index >= 15 is 0 Å². The fourth-order valence-electron chi connectivity index (χ4n) is 2.57. The number of hydrogen-bond acceptors (Lipinski definition) is 4. The molecule has 108 valence electrons. The summed E-state index contributed by atoms with van der Waals surface area (Å²) >= 11 is 0. The summed E-state index contributed by atoms with van der Waals surface area (Å²) in [4.78, 5) is 11.0. The number of carboxylic acids is 1. The highest BCUT2D eigenvalue weighted by atomic mass is 16.5. The number of ether oxygens (including phenoxy) is 1. The van der Waals surface area contributed by atoms with E-state index in [0.29, 0.717) is 18.8 Å². The van der Waals surface area contributed by atoms with Crippen molar-refractivity contribution in [1.82, 2.24) is 0 Å². The molecule has 0 aromatic heterocycles. The van der Waals surface area contributed by atoms with Gasteiger partial charge in [-0.15, -0.1) is 0 Å². The van der Waals surface area contributed by atoms with Crippen LogP contribution in [-0.2, 0) is 6.42 Å². The van der Waals surface area contributed by atoms with E-state index in [1.54, 1.807) is 24.3 Å². The summed E-state index contributed by atoms with van der Waals surface area (Å²) in [7, 11) is 0. The minimum atomic E-state index is -0.962. The molecule has 0 spiro atoms. The zero-order chi connectivity index (χ0) is 15.0. The number of fused-ring (bicyclic) bond motifs is 1. The third-order valence-corrected chi connectivity index (χ3v) is 3.69. The largest absolute Gasteiger partial charge is 0.504 e. The molecule has 2 aromatic carbocycles. The molecule has 5 nitrogen and oxygen atoms in total. The first kappa shape index (κ1) is 13.3. The topological polar surface area (TPSA) is 87.0 Å². The summed E-state index contributed by atoms with van der Waals surface area (Å²) < 4.78 is 5.55. The lowest BCUT2D eigenvalue weighted by Crippen LogP contribution is -2.19. The second kappa shape index (κ2) is 5.01. The Hall–Kier alpha value is -2.69. The van der Waals surface area contributed by atoms with Crippen LogP contribution in [0.3, 0.4) is 0 Å². The van der Waals surface area contributed by atoms with E-state index in [1.807, 2.05) is 6.07 Å². The van der Waals surface area contributed by atoms with Gasteiger partial charge in [0.15, 0.2) is 11.5 Å². The quantitative estimate of drug-likeness (QED) is 0.738. The van der Waals surface area contributed by atoms with Crippen molar-refractivity contribution in [3.8, 4) is 17.2 Å². The first-order valence-corrected chi connectivity index (χ1v) is 6.56. The number of aromatic carboxylic acids is 1. The van der Waals surface area contributed by atoms with E-state index < -0.39 is 5.97 Å². The Labute approximate surface area is 121 Å². The average Bonchev–Trinajstić information content (AvgIpc) is 2.51. The maximum absolute atomic E-state index is 11.0. The second-order valence-electron chi connectivity index (χ2n) is 5.06. The number of phenols is 2. The van der Waals surface area contributed by atoms with Gasteiger partial charge in [-0.2, -0.15) is 0 Å². The molecule has 2 aromatic rings. The van der Waals surface area contributed by atoms with Crippen molar-refractivity contribution in [2.24, 2.45) is 0 Å². The maximum Gasteiger partial charge on any atom is 0.335 e. The molecule has 5 heteroatoms. The van der Waals surface area contributed by atoms with E-state index in [1.165, 1.54) is 6.07 Å². The Balaban J connectivity index is 1.91. The van der Waals surface area contributed by atoms with Crippen molar-refractivity contribution >= 4 is 5.97 Å². The number of aromatic hydroxyl groups is 2. The molecule has 1 heterocycles. The average molecular weight is 286 g/mol. The van der Waals surface area contributed by atoms with E-state index in [4.69, 9.17) is 9.84 Å². The van der Waals surface area contributed by atoms with Crippen LogP contribution in [0.15, 0.2) is 36.4 Å². The van der Waals surface area contributed by atoms with Crippen LogP contribution >= 0.6 is 0 Å². The van der Waals surface area contributed by atoms with Crippen LogP contribution in [0.4, 0.5) is 0 Å². The SMILES string of the molecule is O=C(O)c1cccc(C2COc3c(ccc(O)c3O)C2)c1. The highest BCUT2D eigenvalue weighted by molar-refractivity contribution is 5.87. The molecule has 3 rings (SSSR count). The second-order valence-corrected chi connectivity index (χ2v) is 5.06. The standard InChI is InChI=1S/C16H14O5/c17-13-5-4-10-7-12(8-21-15(10)14(13)18)9-2-1-3-11(6-9)16(19)20/h1-6,12,17-18H,7-8H2,(H,19,20). The Kier molecular flexibility index (Phi) is 3.17. The Morgan fingerprint density at radius 3 is 2.76 bits per heavy atom. The van der Waals surface area contributed by atoms with Gasteiger partial charge in [0.1, 0.15) is 0 Å². The van der Waals surface area contributed by atoms with Gasteiger partial charge in [0.2, 0.25) is 5.75 Å². The smallest absolute Gasteiger partial charge is 0.335 e. The van der Waals surface area contributed by atoms with Crippen molar-refractivity contribution in [2.75, 3.05) is 6.61 Å². The number of phenolic OH excluding ortho intramolecular Hbond substituents is 2. The number of carbonyl (C=O) groups is 1. The molecule has 0 saturated heterocycles. The van der Waals surface area contributed by atoms with Gasteiger partial charge in [0.05, 0.1) is 12.2 Å². The van der Waals surface area contributed by atoms with Gasteiger partial charge in [-0.1, -0.05) is 18.2 Å².